The Morgan fingerprint density at radius 2 is 1.42 bits per heavy atom. The first kappa shape index (κ1) is 23.6. The molecule has 1 aromatic rings. The predicted octanol–water partition coefficient (Wildman–Crippen LogP) is 5.96. The van der Waals surface area contributed by atoms with Crippen LogP contribution in [-0.2, 0) is 5.41 Å². The molecule has 0 fully saturated rings. The van der Waals surface area contributed by atoms with Crippen molar-refractivity contribution in [2.24, 2.45) is 0 Å². The normalized spacial score (nSPS) is 13.1. The minimum absolute atomic E-state index is 0.0803. The molecule has 5 N–H and O–H groups in total. The summed E-state index contributed by atoms with van der Waals surface area (Å²) in [6.07, 6.45) is 7.95. The fraction of sp³-hybridized carbons (Fsp3) is 0.455. The first-order valence-corrected chi connectivity index (χ1v) is 9.10. The maximum Gasteiger partial charge on any atom is 0.142 e. The summed E-state index contributed by atoms with van der Waals surface area (Å²) in [6.45, 7) is 14.7. The fourth-order valence-electron chi connectivity index (χ4n) is 2.07. The number of nitrogen functional groups attached to an aromatic ring is 1. The molecule has 0 atom stereocenters. The van der Waals surface area contributed by atoms with Gasteiger partial charge < -0.3 is 10.8 Å². The molecule has 4 nitrogen and oxygen atoms in total. The SMILES string of the molecule is CC(C)c1cc(N)c(O)c(C(C)(C)C)c1.CCC.N=C1C=CC=CC1=N. The Hall–Kier alpha value is -2.36. The maximum atomic E-state index is 9.91. The van der Waals surface area contributed by atoms with E-state index in [1.165, 1.54) is 12.0 Å². The number of allylic oxidation sites excluding steroid dienone is 4. The number of anilines is 1. The lowest BCUT2D eigenvalue weighted by Crippen LogP contribution is -2.13. The van der Waals surface area contributed by atoms with Gasteiger partial charge in [-0.25, -0.2) is 0 Å². The zero-order valence-corrected chi connectivity index (χ0v) is 17.3. The number of phenols is 1. The predicted molar refractivity (Wildman–Crippen MR) is 115 cm³/mol. The molecule has 1 aromatic carbocycles. The Labute approximate surface area is 158 Å². The molecule has 0 amide bonds. The van der Waals surface area contributed by atoms with Gasteiger partial charge in [0, 0.05) is 5.56 Å². The average molecular weight is 358 g/mol. The lowest BCUT2D eigenvalue weighted by atomic mass is 9.83. The fourth-order valence-corrected chi connectivity index (χ4v) is 2.07. The second-order valence-electron chi connectivity index (χ2n) is 7.66. The highest BCUT2D eigenvalue weighted by atomic mass is 16.3. The van der Waals surface area contributed by atoms with Gasteiger partial charge in [0.1, 0.15) is 5.75 Å². The van der Waals surface area contributed by atoms with Gasteiger partial charge in [-0.1, -0.05) is 73.1 Å². The molecular formula is C22H35N3O. The zero-order valence-electron chi connectivity index (χ0n) is 17.3. The smallest absolute Gasteiger partial charge is 0.142 e. The summed E-state index contributed by atoms with van der Waals surface area (Å²) < 4.78 is 0. The van der Waals surface area contributed by atoms with Crippen LogP contribution in [-0.4, -0.2) is 16.5 Å². The number of nitrogens with one attached hydrogen (secondary N) is 2. The topological polar surface area (TPSA) is 93.9 Å². The van der Waals surface area contributed by atoms with Crippen LogP contribution in [0, 0.1) is 10.8 Å². The van der Waals surface area contributed by atoms with Crippen molar-refractivity contribution >= 4 is 17.1 Å². The monoisotopic (exact) mass is 357 g/mol. The van der Waals surface area contributed by atoms with Crippen molar-refractivity contribution in [3.8, 4) is 5.75 Å². The van der Waals surface area contributed by atoms with Gasteiger partial charge in [0.25, 0.3) is 0 Å². The summed E-state index contributed by atoms with van der Waals surface area (Å²) >= 11 is 0. The van der Waals surface area contributed by atoms with E-state index in [-0.39, 0.29) is 22.6 Å². The second kappa shape index (κ2) is 10.6. The quantitative estimate of drug-likeness (QED) is 0.283. The number of benzene rings is 1. The number of hydrogen-bond donors (Lipinski definition) is 4. The molecule has 0 aliphatic heterocycles. The molecule has 0 saturated carbocycles. The number of aromatic hydroxyl groups is 1. The van der Waals surface area contributed by atoms with Crippen LogP contribution in [0.5, 0.6) is 5.75 Å². The largest absolute Gasteiger partial charge is 0.505 e. The molecule has 1 aliphatic rings. The first-order chi connectivity index (χ1) is 11.9. The summed E-state index contributed by atoms with van der Waals surface area (Å²) in [4.78, 5) is 0. The van der Waals surface area contributed by atoms with Gasteiger partial charge in [0.15, 0.2) is 0 Å². The van der Waals surface area contributed by atoms with Crippen LogP contribution in [0.2, 0.25) is 0 Å². The van der Waals surface area contributed by atoms with Gasteiger partial charge in [-0.15, -0.1) is 0 Å². The lowest BCUT2D eigenvalue weighted by Gasteiger charge is -2.23. The van der Waals surface area contributed by atoms with Crippen LogP contribution in [0.1, 0.15) is 71.9 Å². The third-order valence-electron chi connectivity index (χ3n) is 3.56. The molecule has 0 radical (unpaired) electrons. The molecule has 26 heavy (non-hydrogen) atoms. The van der Waals surface area contributed by atoms with Crippen LogP contribution in [0.15, 0.2) is 36.4 Å². The van der Waals surface area contributed by atoms with E-state index in [1.54, 1.807) is 24.3 Å². The Bertz CT molecular complexity index is 655. The van der Waals surface area contributed by atoms with Crippen molar-refractivity contribution in [1.29, 1.82) is 10.8 Å². The van der Waals surface area contributed by atoms with Crippen LogP contribution in [0.4, 0.5) is 5.69 Å². The van der Waals surface area contributed by atoms with Gasteiger partial charge in [-0.05, 0) is 35.1 Å². The van der Waals surface area contributed by atoms with E-state index in [4.69, 9.17) is 16.6 Å². The molecule has 0 bridgehead atoms. The van der Waals surface area contributed by atoms with E-state index in [0.717, 1.165) is 5.56 Å². The van der Waals surface area contributed by atoms with Crippen molar-refractivity contribution in [2.75, 3.05) is 5.73 Å². The van der Waals surface area contributed by atoms with E-state index < -0.39 is 0 Å². The Kier molecular flexibility index (Phi) is 9.63. The van der Waals surface area contributed by atoms with Crippen molar-refractivity contribution < 1.29 is 5.11 Å². The van der Waals surface area contributed by atoms with Crippen molar-refractivity contribution in [3.05, 3.63) is 47.6 Å². The maximum absolute atomic E-state index is 9.91. The van der Waals surface area contributed by atoms with E-state index in [1.807, 2.05) is 6.07 Å². The molecule has 0 spiro atoms. The molecule has 0 heterocycles. The number of nitrogens with two attached hydrogens (primary N) is 1. The first-order valence-electron chi connectivity index (χ1n) is 9.10. The summed E-state index contributed by atoms with van der Waals surface area (Å²) in [5.41, 5.74) is 8.87. The third-order valence-corrected chi connectivity index (χ3v) is 3.56. The molecule has 144 valence electrons. The molecule has 4 heteroatoms. The highest BCUT2D eigenvalue weighted by Gasteiger charge is 2.21. The molecule has 0 saturated heterocycles. The van der Waals surface area contributed by atoms with E-state index in [9.17, 15) is 5.11 Å². The summed E-state index contributed by atoms with van der Waals surface area (Å²) in [5.74, 6) is 0.654. The minimum Gasteiger partial charge on any atom is -0.505 e. The van der Waals surface area contributed by atoms with Crippen LogP contribution in [0.3, 0.4) is 0 Å². The van der Waals surface area contributed by atoms with Crippen molar-refractivity contribution in [3.63, 3.8) is 0 Å². The highest BCUT2D eigenvalue weighted by molar-refractivity contribution is 6.48. The van der Waals surface area contributed by atoms with Gasteiger partial charge in [-0.3, -0.25) is 10.8 Å². The van der Waals surface area contributed by atoms with Crippen LogP contribution < -0.4 is 5.73 Å². The molecule has 0 aromatic heterocycles. The standard InChI is InChI=1S/C13H21NO.C6H6N2.C3H8/c1-8(2)9-6-10(13(3,4)5)12(15)11(14)7-9;7-5-3-1-2-4-6(5)8;1-3-2/h6-8,15H,14H2,1-5H3;1-4,7-8H;3H2,1-2H3. The van der Waals surface area contributed by atoms with Gasteiger partial charge >= 0.3 is 0 Å². The summed E-state index contributed by atoms with van der Waals surface area (Å²) in [5, 5.41) is 24.0. The lowest BCUT2D eigenvalue weighted by molar-refractivity contribution is 0.448. The van der Waals surface area contributed by atoms with Gasteiger partial charge in [0.05, 0.1) is 17.1 Å². The number of phenolic OH excluding ortho intramolecular Hbond substituents is 1. The van der Waals surface area contributed by atoms with E-state index in [0.29, 0.717) is 11.6 Å². The molecule has 1 aliphatic carbocycles. The van der Waals surface area contributed by atoms with Crippen molar-refractivity contribution in [2.45, 2.75) is 66.2 Å². The van der Waals surface area contributed by atoms with E-state index in [2.05, 4.69) is 54.5 Å². The molecule has 0 unspecified atom stereocenters. The Balaban J connectivity index is 0.000000474. The van der Waals surface area contributed by atoms with Gasteiger partial charge in [-0.2, -0.15) is 0 Å². The molecular weight excluding hydrogens is 322 g/mol. The zero-order chi connectivity index (χ0) is 20.5. The molecule has 2 rings (SSSR count). The summed E-state index contributed by atoms with van der Waals surface area (Å²) in [6, 6.07) is 3.91. The van der Waals surface area contributed by atoms with Crippen molar-refractivity contribution in [1.82, 2.24) is 0 Å². The summed E-state index contributed by atoms with van der Waals surface area (Å²) in [7, 11) is 0. The Morgan fingerprint density at radius 3 is 1.73 bits per heavy atom. The third kappa shape index (κ3) is 7.68. The second-order valence-corrected chi connectivity index (χ2v) is 7.66. The highest BCUT2D eigenvalue weighted by Crippen LogP contribution is 2.37. The number of hydrogen-bond acceptors (Lipinski definition) is 4. The van der Waals surface area contributed by atoms with Crippen LogP contribution >= 0.6 is 0 Å². The van der Waals surface area contributed by atoms with E-state index >= 15 is 0 Å². The Morgan fingerprint density at radius 1 is 1.00 bits per heavy atom. The van der Waals surface area contributed by atoms with Gasteiger partial charge in [0.2, 0.25) is 0 Å². The van der Waals surface area contributed by atoms with Crippen LogP contribution in [0.25, 0.3) is 0 Å². The average Bonchev–Trinajstić information content (AvgIpc) is 2.53. The number of rotatable bonds is 1. The minimum atomic E-state index is -0.0803.